The van der Waals surface area contributed by atoms with Crippen LogP contribution in [0.5, 0.6) is 0 Å². The van der Waals surface area contributed by atoms with Gasteiger partial charge in [0.05, 0.1) is 0 Å². The van der Waals surface area contributed by atoms with E-state index in [0.717, 1.165) is 0 Å². The zero-order chi connectivity index (χ0) is 24.5. The molecule has 0 bridgehead atoms. The third-order valence-corrected chi connectivity index (χ3v) is 6.06. The molecule has 3 N–H and O–H groups in total. The molecule has 0 aliphatic carbocycles. The molecule has 2 fully saturated rings. The molecule has 10 heteroatoms. The number of carbonyl (C=O) groups excluding carboxylic acids is 3. The SMILES string of the molecule is CC(=O)N1CCN(c2cc(C(N)=O)nc(-c3cccc(C#C[C@]4(O)CCN(C)C4=O)c3)n2)CC1. The van der Waals surface area contributed by atoms with Gasteiger partial charge in [-0.05, 0) is 12.1 Å². The number of rotatable bonds is 3. The van der Waals surface area contributed by atoms with Crippen molar-refractivity contribution in [3.63, 3.8) is 0 Å². The Morgan fingerprint density at radius 1 is 1.12 bits per heavy atom. The first kappa shape index (κ1) is 23.2. The van der Waals surface area contributed by atoms with Crippen LogP contribution in [0, 0.1) is 11.8 Å². The highest BCUT2D eigenvalue weighted by molar-refractivity contribution is 5.92. The standard InChI is InChI=1S/C24H26N6O4/c1-16(31)29-10-12-30(13-11-29)20-15-19(21(25)32)26-22(27-20)18-5-3-4-17(14-18)6-7-24(34)8-9-28(2)23(24)33/h3-5,14-15,34H,8-13H2,1-2H3,(H2,25,32)/t24-/m0/s1. The molecule has 2 aromatic rings. The molecule has 1 aromatic carbocycles. The lowest BCUT2D eigenvalue weighted by Crippen LogP contribution is -2.48. The quantitative estimate of drug-likeness (QED) is 0.607. The van der Waals surface area contributed by atoms with Gasteiger partial charge in [-0.1, -0.05) is 24.0 Å². The van der Waals surface area contributed by atoms with Crippen molar-refractivity contribution in [3.8, 4) is 23.2 Å². The molecule has 34 heavy (non-hydrogen) atoms. The number of piperazine rings is 1. The van der Waals surface area contributed by atoms with Crippen molar-refractivity contribution in [2.24, 2.45) is 5.73 Å². The Morgan fingerprint density at radius 3 is 2.47 bits per heavy atom. The molecule has 3 amide bonds. The number of aliphatic hydroxyl groups is 1. The van der Waals surface area contributed by atoms with Crippen molar-refractivity contribution >= 4 is 23.5 Å². The second-order valence-corrected chi connectivity index (χ2v) is 8.46. The van der Waals surface area contributed by atoms with Crippen molar-refractivity contribution in [3.05, 3.63) is 41.6 Å². The average Bonchev–Trinajstić information content (AvgIpc) is 3.10. The molecule has 1 atom stereocenters. The van der Waals surface area contributed by atoms with Crippen LogP contribution in [0.3, 0.4) is 0 Å². The van der Waals surface area contributed by atoms with E-state index in [1.165, 1.54) is 4.90 Å². The van der Waals surface area contributed by atoms with Gasteiger partial charge in [0.1, 0.15) is 11.5 Å². The lowest BCUT2D eigenvalue weighted by Gasteiger charge is -2.35. The Morgan fingerprint density at radius 2 is 1.85 bits per heavy atom. The number of nitrogens with two attached hydrogens (primary N) is 1. The predicted octanol–water partition coefficient (Wildman–Crippen LogP) is -0.144. The monoisotopic (exact) mass is 462 g/mol. The second-order valence-electron chi connectivity index (χ2n) is 8.46. The lowest BCUT2D eigenvalue weighted by atomic mass is 10.0. The maximum absolute atomic E-state index is 12.2. The number of benzene rings is 1. The Bertz CT molecular complexity index is 1210. The molecule has 0 radical (unpaired) electrons. The maximum Gasteiger partial charge on any atom is 0.267 e. The van der Waals surface area contributed by atoms with Gasteiger partial charge in [0, 0.05) is 70.3 Å². The fourth-order valence-corrected chi connectivity index (χ4v) is 3.98. The normalized spacial score (nSPS) is 20.2. The van der Waals surface area contributed by atoms with E-state index in [0.29, 0.717) is 55.5 Å². The van der Waals surface area contributed by atoms with Crippen LogP contribution in [0.25, 0.3) is 11.4 Å². The van der Waals surface area contributed by atoms with E-state index < -0.39 is 17.4 Å². The summed E-state index contributed by atoms with van der Waals surface area (Å²) in [5.74, 6) is 5.36. The van der Waals surface area contributed by atoms with Crippen LogP contribution in [-0.2, 0) is 9.59 Å². The van der Waals surface area contributed by atoms with Crippen molar-refractivity contribution < 1.29 is 19.5 Å². The predicted molar refractivity (Wildman–Crippen MR) is 125 cm³/mol. The highest BCUT2D eigenvalue weighted by Crippen LogP contribution is 2.24. The number of nitrogens with zero attached hydrogens (tertiary/aromatic N) is 5. The molecular formula is C24H26N6O4. The number of carbonyl (C=O) groups is 3. The van der Waals surface area contributed by atoms with Crippen LogP contribution in [-0.4, -0.2) is 88.0 Å². The number of hydrogen-bond acceptors (Lipinski definition) is 7. The Balaban J connectivity index is 1.64. The van der Waals surface area contributed by atoms with Crippen LogP contribution in [0.1, 0.15) is 29.4 Å². The summed E-state index contributed by atoms with van der Waals surface area (Å²) >= 11 is 0. The number of likely N-dealkylation sites (N-methyl/N-ethyl adjacent to an activating group) is 1. The van der Waals surface area contributed by atoms with Gasteiger partial charge >= 0.3 is 0 Å². The lowest BCUT2D eigenvalue weighted by molar-refractivity contribution is -0.137. The van der Waals surface area contributed by atoms with Gasteiger partial charge in [-0.2, -0.15) is 0 Å². The Labute approximate surface area is 197 Å². The van der Waals surface area contributed by atoms with Gasteiger partial charge in [-0.25, -0.2) is 9.97 Å². The highest BCUT2D eigenvalue weighted by atomic mass is 16.3. The molecule has 2 saturated heterocycles. The summed E-state index contributed by atoms with van der Waals surface area (Å²) in [6.45, 7) is 4.24. The second kappa shape index (κ2) is 9.11. The van der Waals surface area contributed by atoms with Gasteiger partial charge in [0.2, 0.25) is 11.5 Å². The van der Waals surface area contributed by atoms with E-state index in [4.69, 9.17) is 5.73 Å². The minimum atomic E-state index is -1.69. The largest absolute Gasteiger partial charge is 0.369 e. The summed E-state index contributed by atoms with van der Waals surface area (Å²) in [6, 6.07) is 8.58. The van der Waals surface area contributed by atoms with Gasteiger partial charge in [-0.15, -0.1) is 0 Å². The molecule has 0 saturated carbocycles. The maximum atomic E-state index is 12.2. The third kappa shape index (κ3) is 4.70. The molecule has 0 spiro atoms. The van der Waals surface area contributed by atoms with E-state index in [1.807, 2.05) is 4.90 Å². The summed E-state index contributed by atoms with van der Waals surface area (Å²) in [4.78, 5) is 49.9. The number of likely N-dealkylation sites (tertiary alicyclic amines) is 1. The first-order valence-electron chi connectivity index (χ1n) is 11.0. The van der Waals surface area contributed by atoms with E-state index in [1.54, 1.807) is 49.2 Å². The zero-order valence-corrected chi connectivity index (χ0v) is 19.1. The minimum absolute atomic E-state index is 0.0226. The van der Waals surface area contributed by atoms with Crippen molar-refractivity contribution in [1.82, 2.24) is 19.8 Å². The Kier molecular flexibility index (Phi) is 6.22. The summed E-state index contributed by atoms with van der Waals surface area (Å²) < 4.78 is 0. The number of amides is 3. The highest BCUT2D eigenvalue weighted by Gasteiger charge is 2.42. The van der Waals surface area contributed by atoms with E-state index in [-0.39, 0.29) is 18.0 Å². The van der Waals surface area contributed by atoms with Gasteiger partial charge in [0.15, 0.2) is 5.82 Å². The fourth-order valence-electron chi connectivity index (χ4n) is 3.98. The molecule has 4 rings (SSSR count). The molecule has 10 nitrogen and oxygen atoms in total. The molecule has 1 aromatic heterocycles. The van der Waals surface area contributed by atoms with Crippen molar-refractivity contribution in [2.75, 3.05) is 44.7 Å². The van der Waals surface area contributed by atoms with Gasteiger partial charge in [-0.3, -0.25) is 14.4 Å². The zero-order valence-electron chi connectivity index (χ0n) is 19.1. The number of primary amides is 1. The third-order valence-electron chi connectivity index (χ3n) is 6.06. The van der Waals surface area contributed by atoms with Crippen LogP contribution in [0.15, 0.2) is 30.3 Å². The molecule has 3 heterocycles. The van der Waals surface area contributed by atoms with Gasteiger partial charge < -0.3 is 25.5 Å². The fraction of sp³-hybridized carbons (Fsp3) is 0.375. The summed E-state index contributed by atoms with van der Waals surface area (Å²) in [6.07, 6.45) is 0.249. The smallest absolute Gasteiger partial charge is 0.267 e. The number of aromatic nitrogens is 2. The average molecular weight is 463 g/mol. The van der Waals surface area contributed by atoms with Crippen LogP contribution in [0.4, 0.5) is 5.82 Å². The topological polar surface area (TPSA) is 133 Å². The molecule has 2 aliphatic rings. The molecule has 0 unspecified atom stereocenters. The summed E-state index contributed by atoms with van der Waals surface area (Å²) in [5, 5.41) is 10.5. The van der Waals surface area contributed by atoms with Crippen molar-refractivity contribution in [1.29, 1.82) is 0 Å². The summed E-state index contributed by atoms with van der Waals surface area (Å²) in [5.41, 5.74) is 5.09. The number of anilines is 1. The molecular weight excluding hydrogens is 436 g/mol. The molecule has 2 aliphatic heterocycles. The van der Waals surface area contributed by atoms with E-state index in [9.17, 15) is 19.5 Å². The summed E-state index contributed by atoms with van der Waals surface area (Å²) in [7, 11) is 1.63. The van der Waals surface area contributed by atoms with E-state index in [2.05, 4.69) is 21.8 Å². The Hall–Kier alpha value is -3.97. The van der Waals surface area contributed by atoms with Crippen LogP contribution >= 0.6 is 0 Å². The van der Waals surface area contributed by atoms with Gasteiger partial charge in [0.25, 0.3) is 11.8 Å². The minimum Gasteiger partial charge on any atom is -0.369 e. The first-order valence-corrected chi connectivity index (χ1v) is 11.0. The van der Waals surface area contributed by atoms with Crippen LogP contribution < -0.4 is 10.6 Å². The first-order chi connectivity index (χ1) is 16.2. The number of hydrogen-bond donors (Lipinski definition) is 2. The van der Waals surface area contributed by atoms with Crippen LogP contribution in [0.2, 0.25) is 0 Å². The molecule has 176 valence electrons. The van der Waals surface area contributed by atoms with Crippen molar-refractivity contribution in [2.45, 2.75) is 18.9 Å². The van der Waals surface area contributed by atoms with E-state index >= 15 is 0 Å².